The Kier molecular flexibility index (Phi) is 3.78. The van der Waals surface area contributed by atoms with Crippen LogP contribution in [0.15, 0.2) is 12.3 Å². The number of rotatable bonds is 2. The average molecular weight is 338 g/mol. The number of alkyl halides is 2. The van der Waals surface area contributed by atoms with Crippen molar-refractivity contribution in [3.8, 4) is 5.75 Å². The van der Waals surface area contributed by atoms with Crippen LogP contribution in [0.3, 0.4) is 0 Å². The molecule has 1 atom stereocenters. The first kappa shape index (κ1) is 15.9. The second kappa shape index (κ2) is 5.72. The zero-order valence-corrected chi connectivity index (χ0v) is 14.2. The largest absolute Gasteiger partial charge is 0.490 e. The Morgan fingerprint density at radius 1 is 1.29 bits per heavy atom. The molecule has 3 aliphatic heterocycles. The summed E-state index contributed by atoms with van der Waals surface area (Å²) in [5.74, 6) is -0.994. The molecule has 1 aromatic rings. The van der Waals surface area contributed by atoms with E-state index in [1.54, 1.807) is 11.1 Å². The molecular weight excluding hydrogens is 314 g/mol. The molecule has 4 rings (SSSR count). The molecule has 0 aromatic carbocycles. The molecule has 24 heavy (non-hydrogen) atoms. The van der Waals surface area contributed by atoms with E-state index in [9.17, 15) is 8.78 Å². The lowest BCUT2D eigenvalue weighted by Gasteiger charge is -2.43. The fourth-order valence-corrected chi connectivity index (χ4v) is 3.80. The van der Waals surface area contributed by atoms with E-state index in [2.05, 4.69) is 28.6 Å². The first-order valence-corrected chi connectivity index (χ1v) is 8.69. The second-order valence-electron chi connectivity index (χ2n) is 7.30. The molecule has 0 amide bonds. The fraction of sp³-hybridized carbons (Fsp3) is 0.706. The third-order valence-corrected chi connectivity index (χ3v) is 5.25. The van der Waals surface area contributed by atoms with Crippen molar-refractivity contribution in [2.24, 2.45) is 0 Å². The molecule has 3 aliphatic rings. The summed E-state index contributed by atoms with van der Waals surface area (Å²) in [5, 5.41) is 0. The van der Waals surface area contributed by atoms with E-state index in [-0.39, 0.29) is 13.1 Å². The van der Waals surface area contributed by atoms with Gasteiger partial charge >= 0.3 is 0 Å². The van der Waals surface area contributed by atoms with Gasteiger partial charge in [-0.2, -0.15) is 0 Å². The van der Waals surface area contributed by atoms with Crippen LogP contribution >= 0.6 is 0 Å². The summed E-state index contributed by atoms with van der Waals surface area (Å²) in [6, 6.07) is 2.81. The Labute approximate surface area is 141 Å². The molecule has 0 radical (unpaired) electrons. The van der Waals surface area contributed by atoms with Crippen LogP contribution in [-0.2, 0) is 0 Å². The van der Waals surface area contributed by atoms with E-state index in [1.807, 2.05) is 6.07 Å². The maximum Gasteiger partial charge on any atom is 0.282 e. The highest BCUT2D eigenvalue weighted by atomic mass is 19.3. The number of ether oxygens (including phenoxy) is 1. The highest BCUT2D eigenvalue weighted by Gasteiger charge is 2.44. The summed E-state index contributed by atoms with van der Waals surface area (Å²) in [5.41, 5.74) is 0.721. The zero-order chi connectivity index (χ0) is 16.9. The Hall–Kier alpha value is -1.63. The van der Waals surface area contributed by atoms with Gasteiger partial charge in [0.05, 0.1) is 31.6 Å². The summed E-state index contributed by atoms with van der Waals surface area (Å²) >= 11 is 0. The molecule has 0 bridgehead atoms. The smallest absolute Gasteiger partial charge is 0.282 e. The van der Waals surface area contributed by atoms with Crippen molar-refractivity contribution in [2.75, 3.05) is 49.1 Å². The van der Waals surface area contributed by atoms with Gasteiger partial charge in [-0.15, -0.1) is 0 Å². The van der Waals surface area contributed by atoms with E-state index in [4.69, 9.17) is 4.74 Å². The van der Waals surface area contributed by atoms with Gasteiger partial charge in [-0.25, -0.2) is 13.8 Å². The van der Waals surface area contributed by atoms with Crippen molar-refractivity contribution in [3.05, 3.63) is 12.3 Å². The molecule has 5 nitrogen and oxygen atoms in total. The van der Waals surface area contributed by atoms with Crippen LogP contribution in [0.25, 0.3) is 0 Å². The molecule has 0 spiro atoms. The molecule has 0 N–H and O–H groups in total. The highest BCUT2D eigenvalue weighted by molar-refractivity contribution is 5.62. The second-order valence-corrected chi connectivity index (χ2v) is 7.30. The number of hydrogen-bond donors (Lipinski definition) is 0. The van der Waals surface area contributed by atoms with Gasteiger partial charge < -0.3 is 14.5 Å². The summed E-state index contributed by atoms with van der Waals surface area (Å²) in [6.45, 7) is 7.58. The van der Waals surface area contributed by atoms with Crippen molar-refractivity contribution in [2.45, 2.75) is 38.3 Å². The van der Waals surface area contributed by atoms with Crippen molar-refractivity contribution in [1.82, 2.24) is 9.88 Å². The first-order valence-electron chi connectivity index (χ1n) is 8.69. The minimum atomic E-state index is -2.58. The predicted molar refractivity (Wildman–Crippen MR) is 89.4 cm³/mol. The van der Waals surface area contributed by atoms with Gasteiger partial charge in [0.1, 0.15) is 0 Å². The standard InChI is InChI=1S/C17H24F2N4O/c1-12(2)21-4-5-23-13(9-21)3-6-24-15-7-14(8-20-16(15)23)22-10-17(18,19)11-22/h7-8,12-13H,3-6,9-11H2,1-2H3/t13-/m0/s1. The van der Waals surface area contributed by atoms with Crippen LogP contribution in [0.1, 0.15) is 20.3 Å². The summed E-state index contributed by atoms with van der Waals surface area (Å²) < 4.78 is 32.1. The van der Waals surface area contributed by atoms with Gasteiger partial charge in [-0.05, 0) is 13.8 Å². The SMILES string of the molecule is CC(C)N1CCN2c3ncc(N4CC(F)(F)C4)cc3OCC[C@H]2C1. The highest BCUT2D eigenvalue weighted by Crippen LogP contribution is 2.38. The monoisotopic (exact) mass is 338 g/mol. The predicted octanol–water partition coefficient (Wildman–Crippen LogP) is 2.22. The lowest BCUT2D eigenvalue weighted by Crippen LogP contribution is -2.56. The molecule has 2 saturated heterocycles. The molecule has 4 heterocycles. The van der Waals surface area contributed by atoms with E-state index >= 15 is 0 Å². The third-order valence-electron chi connectivity index (χ3n) is 5.25. The number of halogens is 2. The van der Waals surface area contributed by atoms with Crippen molar-refractivity contribution in [3.63, 3.8) is 0 Å². The lowest BCUT2D eigenvalue weighted by molar-refractivity contribution is -0.0263. The molecule has 1 aromatic heterocycles. The number of pyridine rings is 1. The Bertz CT molecular complexity index is 617. The van der Waals surface area contributed by atoms with E-state index < -0.39 is 5.92 Å². The molecule has 0 saturated carbocycles. The van der Waals surface area contributed by atoms with Crippen LogP contribution < -0.4 is 14.5 Å². The van der Waals surface area contributed by atoms with E-state index in [1.165, 1.54) is 0 Å². The number of fused-ring (bicyclic) bond motifs is 3. The van der Waals surface area contributed by atoms with Crippen molar-refractivity contribution in [1.29, 1.82) is 0 Å². The van der Waals surface area contributed by atoms with Crippen molar-refractivity contribution < 1.29 is 13.5 Å². The first-order chi connectivity index (χ1) is 11.4. The maximum atomic E-state index is 13.1. The zero-order valence-electron chi connectivity index (χ0n) is 14.2. The molecule has 132 valence electrons. The quantitative estimate of drug-likeness (QED) is 0.825. The minimum absolute atomic E-state index is 0.233. The summed E-state index contributed by atoms with van der Waals surface area (Å²) in [4.78, 5) is 11.0. The van der Waals surface area contributed by atoms with Gasteiger partial charge in [0, 0.05) is 44.2 Å². The minimum Gasteiger partial charge on any atom is -0.490 e. The van der Waals surface area contributed by atoms with Gasteiger partial charge in [0.2, 0.25) is 0 Å². The van der Waals surface area contributed by atoms with Crippen LogP contribution in [-0.4, -0.2) is 67.2 Å². The van der Waals surface area contributed by atoms with Gasteiger partial charge in [0.15, 0.2) is 11.6 Å². The number of aromatic nitrogens is 1. The van der Waals surface area contributed by atoms with Crippen LogP contribution in [0, 0.1) is 0 Å². The van der Waals surface area contributed by atoms with E-state index in [0.717, 1.165) is 43.3 Å². The fourth-order valence-electron chi connectivity index (χ4n) is 3.80. The normalized spacial score (nSPS) is 26.3. The lowest BCUT2D eigenvalue weighted by atomic mass is 10.1. The summed E-state index contributed by atoms with van der Waals surface area (Å²) in [7, 11) is 0. The number of hydrogen-bond acceptors (Lipinski definition) is 5. The molecule has 0 unspecified atom stereocenters. The Morgan fingerprint density at radius 2 is 2.08 bits per heavy atom. The molecule has 2 fully saturated rings. The molecule has 7 heteroatoms. The third kappa shape index (κ3) is 2.79. The number of nitrogens with zero attached hydrogens (tertiary/aromatic N) is 4. The van der Waals surface area contributed by atoms with Crippen LogP contribution in [0.4, 0.5) is 20.3 Å². The average Bonchev–Trinajstić information content (AvgIpc) is 2.70. The topological polar surface area (TPSA) is 31.8 Å². The van der Waals surface area contributed by atoms with Crippen LogP contribution in [0.2, 0.25) is 0 Å². The van der Waals surface area contributed by atoms with Gasteiger partial charge in [0.25, 0.3) is 5.92 Å². The van der Waals surface area contributed by atoms with Gasteiger partial charge in [-0.3, -0.25) is 4.90 Å². The van der Waals surface area contributed by atoms with Crippen LogP contribution in [0.5, 0.6) is 5.75 Å². The van der Waals surface area contributed by atoms with E-state index in [0.29, 0.717) is 18.7 Å². The molecule has 0 aliphatic carbocycles. The number of piperazine rings is 1. The van der Waals surface area contributed by atoms with Gasteiger partial charge in [-0.1, -0.05) is 0 Å². The maximum absolute atomic E-state index is 13.1. The molecular formula is C17H24F2N4O. The number of anilines is 2. The summed E-state index contributed by atoms with van der Waals surface area (Å²) in [6.07, 6.45) is 2.66. The Balaban J connectivity index is 1.55. The van der Waals surface area contributed by atoms with Crippen molar-refractivity contribution >= 4 is 11.5 Å². The Morgan fingerprint density at radius 3 is 2.79 bits per heavy atom.